The number of hydrogen-bond donors (Lipinski definition) is 1. The Balaban J connectivity index is 2.03. The van der Waals surface area contributed by atoms with Gasteiger partial charge in [-0.15, -0.1) is 0 Å². The normalized spacial score (nSPS) is 19.6. The predicted octanol–water partition coefficient (Wildman–Crippen LogP) is 1.98. The van der Waals surface area contributed by atoms with Gasteiger partial charge in [0.15, 0.2) is 0 Å². The number of aromatic nitrogens is 2. The first-order valence-electron chi connectivity index (χ1n) is 6.48. The molecule has 0 bridgehead atoms. The van der Waals surface area contributed by atoms with Crippen molar-refractivity contribution in [3.8, 4) is 0 Å². The fourth-order valence-electron chi connectivity index (χ4n) is 2.82. The monoisotopic (exact) mass is 243 g/mol. The fourth-order valence-corrected chi connectivity index (χ4v) is 2.82. The Labute approximate surface area is 106 Å². The molecule has 1 atom stereocenters. The van der Waals surface area contributed by atoms with E-state index in [9.17, 15) is 0 Å². The van der Waals surface area contributed by atoms with Gasteiger partial charge in [-0.25, -0.2) is 0 Å². The highest BCUT2D eigenvalue weighted by Crippen LogP contribution is 2.31. The van der Waals surface area contributed by atoms with Crippen LogP contribution in [0.1, 0.15) is 19.3 Å². The third kappa shape index (κ3) is 1.93. The Hall–Kier alpha value is -1.68. The van der Waals surface area contributed by atoms with Crippen LogP contribution < -0.4 is 4.90 Å². The zero-order valence-corrected chi connectivity index (χ0v) is 10.3. The highest BCUT2D eigenvalue weighted by atomic mass is 16.3. The molecule has 0 amide bonds. The molecule has 3 rings (SSSR count). The molecule has 1 aliphatic heterocycles. The first-order chi connectivity index (χ1) is 8.90. The topological polar surface area (TPSA) is 49.2 Å². The van der Waals surface area contributed by atoms with E-state index < -0.39 is 0 Å². The van der Waals surface area contributed by atoms with Crippen LogP contribution in [0.2, 0.25) is 0 Å². The van der Waals surface area contributed by atoms with Gasteiger partial charge in [0.05, 0.1) is 17.4 Å². The summed E-state index contributed by atoms with van der Waals surface area (Å²) in [7, 11) is 0. The lowest BCUT2D eigenvalue weighted by Crippen LogP contribution is -2.30. The minimum absolute atomic E-state index is 0.248. The lowest BCUT2D eigenvalue weighted by molar-refractivity contribution is 0.276. The van der Waals surface area contributed by atoms with Crippen LogP contribution in [0.25, 0.3) is 10.9 Å². The molecule has 1 aliphatic rings. The van der Waals surface area contributed by atoms with Crippen LogP contribution >= 0.6 is 0 Å². The number of aliphatic hydroxyl groups excluding tert-OH is 1. The second-order valence-electron chi connectivity index (χ2n) is 4.75. The molecule has 1 saturated heterocycles. The lowest BCUT2D eigenvalue weighted by Gasteiger charge is -2.26. The van der Waals surface area contributed by atoms with Gasteiger partial charge in [-0.1, -0.05) is 18.2 Å². The number of rotatable bonds is 3. The third-order valence-corrected chi connectivity index (χ3v) is 3.67. The number of benzene rings is 1. The Morgan fingerprint density at radius 3 is 3.11 bits per heavy atom. The van der Waals surface area contributed by atoms with Gasteiger partial charge in [-0.2, -0.15) is 10.2 Å². The van der Waals surface area contributed by atoms with E-state index in [-0.39, 0.29) is 6.61 Å². The summed E-state index contributed by atoms with van der Waals surface area (Å²) in [6.45, 7) is 1.29. The molecule has 1 N–H and O–H groups in total. The van der Waals surface area contributed by atoms with Crippen molar-refractivity contribution in [2.24, 2.45) is 0 Å². The second-order valence-corrected chi connectivity index (χ2v) is 4.75. The van der Waals surface area contributed by atoms with Crippen molar-refractivity contribution in [3.63, 3.8) is 0 Å². The van der Waals surface area contributed by atoms with Crippen LogP contribution in [-0.4, -0.2) is 34.5 Å². The zero-order chi connectivity index (χ0) is 12.4. The van der Waals surface area contributed by atoms with Crippen molar-refractivity contribution in [1.82, 2.24) is 10.2 Å². The van der Waals surface area contributed by atoms with Gasteiger partial charge in [0.2, 0.25) is 0 Å². The molecular weight excluding hydrogens is 226 g/mol. The molecule has 2 heterocycles. The Morgan fingerprint density at radius 1 is 1.33 bits per heavy atom. The predicted molar refractivity (Wildman–Crippen MR) is 71.6 cm³/mol. The molecule has 1 fully saturated rings. The third-order valence-electron chi connectivity index (χ3n) is 3.67. The van der Waals surface area contributed by atoms with Crippen molar-refractivity contribution in [1.29, 1.82) is 0 Å². The number of hydrogen-bond acceptors (Lipinski definition) is 4. The zero-order valence-electron chi connectivity index (χ0n) is 10.3. The molecule has 1 aromatic carbocycles. The van der Waals surface area contributed by atoms with Gasteiger partial charge >= 0.3 is 0 Å². The van der Waals surface area contributed by atoms with Crippen molar-refractivity contribution < 1.29 is 5.11 Å². The molecule has 0 spiro atoms. The summed E-state index contributed by atoms with van der Waals surface area (Å²) < 4.78 is 0. The molecule has 94 valence electrons. The Bertz CT molecular complexity index is 538. The van der Waals surface area contributed by atoms with Crippen LogP contribution in [0, 0.1) is 0 Å². The average Bonchev–Trinajstić information content (AvgIpc) is 2.87. The number of aliphatic hydroxyl groups is 1. The highest BCUT2D eigenvalue weighted by molar-refractivity contribution is 5.90. The Kier molecular flexibility index (Phi) is 3.11. The van der Waals surface area contributed by atoms with Crippen LogP contribution in [0.15, 0.2) is 30.5 Å². The number of fused-ring (bicyclic) bond motifs is 1. The van der Waals surface area contributed by atoms with E-state index in [0.29, 0.717) is 6.04 Å². The first kappa shape index (κ1) is 11.4. The van der Waals surface area contributed by atoms with Gasteiger partial charge in [0, 0.05) is 24.6 Å². The Morgan fingerprint density at radius 2 is 2.22 bits per heavy atom. The van der Waals surface area contributed by atoms with Crippen LogP contribution in [0.3, 0.4) is 0 Å². The van der Waals surface area contributed by atoms with Crippen LogP contribution in [0.4, 0.5) is 5.69 Å². The fraction of sp³-hybridized carbons (Fsp3) is 0.429. The van der Waals surface area contributed by atoms with E-state index in [0.717, 1.165) is 36.0 Å². The molecular formula is C14H17N3O. The summed E-state index contributed by atoms with van der Waals surface area (Å²) in [5.74, 6) is 0. The van der Waals surface area contributed by atoms with E-state index in [2.05, 4.69) is 21.2 Å². The smallest absolute Gasteiger partial charge is 0.0950 e. The van der Waals surface area contributed by atoms with Crippen LogP contribution in [-0.2, 0) is 0 Å². The summed E-state index contributed by atoms with van der Waals surface area (Å²) in [4.78, 5) is 2.37. The van der Waals surface area contributed by atoms with Crippen molar-refractivity contribution >= 4 is 16.6 Å². The number of anilines is 1. The summed E-state index contributed by atoms with van der Waals surface area (Å²) in [5, 5.41) is 18.6. The molecule has 18 heavy (non-hydrogen) atoms. The highest BCUT2D eigenvalue weighted by Gasteiger charge is 2.25. The standard InChI is InChI=1S/C14H17N3O/c18-9-7-11-4-3-8-17(11)14-10-15-16-13-6-2-1-5-12(13)14/h1-2,5-6,10-11,18H,3-4,7-9H2. The first-order valence-corrected chi connectivity index (χ1v) is 6.48. The minimum Gasteiger partial charge on any atom is -0.396 e. The summed E-state index contributed by atoms with van der Waals surface area (Å²) >= 11 is 0. The molecule has 0 aliphatic carbocycles. The van der Waals surface area contributed by atoms with Gasteiger partial charge in [0.25, 0.3) is 0 Å². The number of nitrogens with zero attached hydrogens (tertiary/aromatic N) is 3. The van der Waals surface area contributed by atoms with Gasteiger partial charge in [-0.05, 0) is 25.3 Å². The van der Waals surface area contributed by atoms with Gasteiger partial charge in [0.1, 0.15) is 0 Å². The molecule has 2 aromatic rings. The van der Waals surface area contributed by atoms with Gasteiger partial charge in [-0.3, -0.25) is 0 Å². The molecule has 0 saturated carbocycles. The summed E-state index contributed by atoms with van der Waals surface area (Å²) in [5.41, 5.74) is 2.08. The van der Waals surface area contributed by atoms with E-state index in [1.54, 1.807) is 0 Å². The maximum Gasteiger partial charge on any atom is 0.0950 e. The summed E-state index contributed by atoms with van der Waals surface area (Å²) in [6, 6.07) is 8.53. The van der Waals surface area contributed by atoms with Crippen molar-refractivity contribution in [2.45, 2.75) is 25.3 Å². The maximum atomic E-state index is 9.15. The second kappa shape index (κ2) is 4.90. The van der Waals surface area contributed by atoms with E-state index in [4.69, 9.17) is 5.11 Å². The minimum atomic E-state index is 0.248. The van der Waals surface area contributed by atoms with E-state index in [1.807, 2.05) is 24.4 Å². The molecule has 1 aromatic heterocycles. The quantitative estimate of drug-likeness (QED) is 0.895. The summed E-state index contributed by atoms with van der Waals surface area (Å²) in [6.07, 6.45) is 5.01. The van der Waals surface area contributed by atoms with Crippen molar-refractivity contribution in [2.75, 3.05) is 18.1 Å². The van der Waals surface area contributed by atoms with E-state index in [1.165, 1.54) is 6.42 Å². The molecule has 4 nitrogen and oxygen atoms in total. The largest absolute Gasteiger partial charge is 0.396 e. The molecule has 0 radical (unpaired) electrons. The van der Waals surface area contributed by atoms with Gasteiger partial charge < -0.3 is 10.0 Å². The van der Waals surface area contributed by atoms with Crippen molar-refractivity contribution in [3.05, 3.63) is 30.5 Å². The maximum absolute atomic E-state index is 9.15. The van der Waals surface area contributed by atoms with E-state index >= 15 is 0 Å². The SMILES string of the molecule is OCCC1CCCN1c1cnnc2ccccc12. The molecule has 1 unspecified atom stereocenters. The average molecular weight is 243 g/mol. The molecule has 4 heteroatoms. The van der Waals surface area contributed by atoms with Crippen LogP contribution in [0.5, 0.6) is 0 Å². The lowest BCUT2D eigenvalue weighted by atomic mass is 10.1.